The minimum Gasteiger partial charge on any atom is -0.372 e. The molecule has 2 N–H and O–H groups in total. The van der Waals surface area contributed by atoms with Crippen LogP contribution in [-0.2, 0) is 24.1 Å². The van der Waals surface area contributed by atoms with Gasteiger partial charge in [-0.25, -0.2) is 0 Å². The topological polar surface area (TPSA) is 64.3 Å². The van der Waals surface area contributed by atoms with E-state index in [0.29, 0.717) is 6.54 Å². The number of nitrogens with two attached hydrogens (primary N) is 1. The molecule has 0 saturated carbocycles. The molecule has 2 atom stereocenters. The zero-order valence-electron chi connectivity index (χ0n) is 13.0. The van der Waals surface area contributed by atoms with Crippen LogP contribution in [0.3, 0.4) is 0 Å². The van der Waals surface area contributed by atoms with Crippen LogP contribution < -0.4 is 10.6 Å². The highest BCUT2D eigenvalue weighted by Gasteiger charge is 2.26. The second-order valence-electron chi connectivity index (χ2n) is 5.50. The predicted octanol–water partition coefficient (Wildman–Crippen LogP) is 1.67. The van der Waals surface area contributed by atoms with Crippen LogP contribution in [0, 0.1) is 0 Å². The number of aromatic nitrogens is 2. The molecule has 0 aromatic carbocycles. The molecule has 1 aromatic rings. The summed E-state index contributed by atoms with van der Waals surface area (Å²) in [7, 11) is 0. The molecule has 5 heteroatoms. The molecule has 0 aliphatic carbocycles. The van der Waals surface area contributed by atoms with Crippen molar-refractivity contribution in [2.75, 3.05) is 18.0 Å². The monoisotopic (exact) mass is 278 g/mol. The lowest BCUT2D eigenvalue weighted by molar-refractivity contribution is -0.00556. The molecule has 0 bridgehead atoms. The molecule has 2 heterocycles. The summed E-state index contributed by atoms with van der Waals surface area (Å²) in [6.07, 6.45) is 2.27. The third kappa shape index (κ3) is 2.94. The second kappa shape index (κ2) is 6.50. The molecule has 0 radical (unpaired) electrons. The minimum atomic E-state index is 0.210. The van der Waals surface area contributed by atoms with Crippen molar-refractivity contribution in [1.29, 1.82) is 0 Å². The van der Waals surface area contributed by atoms with Crippen molar-refractivity contribution in [1.82, 2.24) is 10.2 Å². The molecule has 0 spiro atoms. The summed E-state index contributed by atoms with van der Waals surface area (Å²) in [6, 6.07) is 0. The Morgan fingerprint density at radius 2 is 1.75 bits per heavy atom. The van der Waals surface area contributed by atoms with Crippen LogP contribution in [0.1, 0.15) is 44.5 Å². The number of hydrogen-bond acceptors (Lipinski definition) is 5. The van der Waals surface area contributed by atoms with Gasteiger partial charge in [-0.05, 0) is 32.3 Å². The van der Waals surface area contributed by atoms with Crippen molar-refractivity contribution in [2.45, 2.75) is 59.3 Å². The van der Waals surface area contributed by atoms with Gasteiger partial charge in [0.2, 0.25) is 0 Å². The average molecular weight is 278 g/mol. The fourth-order valence-corrected chi connectivity index (χ4v) is 3.06. The molecule has 20 heavy (non-hydrogen) atoms. The molecule has 112 valence electrons. The highest BCUT2D eigenvalue weighted by Crippen LogP contribution is 2.26. The first kappa shape index (κ1) is 15.2. The molecule has 1 aromatic heterocycles. The maximum absolute atomic E-state index is 6.00. The number of aryl methyl sites for hydroxylation is 1. The number of anilines is 1. The molecule has 0 unspecified atom stereocenters. The fourth-order valence-electron chi connectivity index (χ4n) is 3.06. The van der Waals surface area contributed by atoms with E-state index in [9.17, 15) is 0 Å². The lowest BCUT2D eigenvalue weighted by Gasteiger charge is -2.37. The fraction of sp³-hybridized carbons (Fsp3) is 0.733. The van der Waals surface area contributed by atoms with E-state index in [0.717, 1.165) is 43.0 Å². The summed E-state index contributed by atoms with van der Waals surface area (Å²) in [5, 5.41) is 8.88. The third-order valence-corrected chi connectivity index (χ3v) is 3.86. The Morgan fingerprint density at radius 3 is 2.25 bits per heavy atom. The molecule has 5 nitrogen and oxygen atoms in total. The maximum atomic E-state index is 6.00. The minimum absolute atomic E-state index is 0.210. The summed E-state index contributed by atoms with van der Waals surface area (Å²) < 4.78 is 5.79. The summed E-state index contributed by atoms with van der Waals surface area (Å²) in [5.74, 6) is 0.948. The summed E-state index contributed by atoms with van der Waals surface area (Å²) in [4.78, 5) is 2.27. The van der Waals surface area contributed by atoms with E-state index in [4.69, 9.17) is 10.5 Å². The Morgan fingerprint density at radius 1 is 1.10 bits per heavy atom. The standard InChI is InChI=1S/C15H26N4O/c1-5-12-13(7-16)15(18-17-14(12)6-2)19-8-10(3)20-11(4)9-19/h10-11H,5-9,16H2,1-4H3/t10-,11+. The average Bonchev–Trinajstić information content (AvgIpc) is 2.44. The molecular formula is C15H26N4O. The second-order valence-corrected chi connectivity index (χ2v) is 5.50. The lowest BCUT2D eigenvalue weighted by atomic mass is 10.0. The van der Waals surface area contributed by atoms with Crippen LogP contribution in [0.15, 0.2) is 0 Å². The van der Waals surface area contributed by atoms with Gasteiger partial charge in [-0.3, -0.25) is 0 Å². The van der Waals surface area contributed by atoms with Gasteiger partial charge >= 0.3 is 0 Å². The number of ether oxygens (including phenoxy) is 1. The normalized spacial score (nSPS) is 23.1. The van der Waals surface area contributed by atoms with E-state index in [-0.39, 0.29) is 12.2 Å². The van der Waals surface area contributed by atoms with Crippen molar-refractivity contribution < 1.29 is 4.74 Å². The van der Waals surface area contributed by atoms with E-state index in [1.54, 1.807) is 0 Å². The Hall–Kier alpha value is -1.20. The zero-order chi connectivity index (χ0) is 14.7. The number of nitrogens with zero attached hydrogens (tertiary/aromatic N) is 3. The Labute approximate surface area is 121 Å². The van der Waals surface area contributed by atoms with Gasteiger partial charge < -0.3 is 15.4 Å². The SMILES string of the molecule is CCc1nnc(N2C[C@@H](C)O[C@@H](C)C2)c(CN)c1CC. The molecule has 0 amide bonds. The molecule has 1 saturated heterocycles. The van der Waals surface area contributed by atoms with Gasteiger partial charge in [-0.1, -0.05) is 13.8 Å². The summed E-state index contributed by atoms with van der Waals surface area (Å²) in [5.41, 5.74) is 9.50. The zero-order valence-corrected chi connectivity index (χ0v) is 13.0. The first-order valence-electron chi connectivity index (χ1n) is 7.58. The maximum Gasteiger partial charge on any atom is 0.156 e. The van der Waals surface area contributed by atoms with Gasteiger partial charge in [-0.2, -0.15) is 5.10 Å². The number of hydrogen-bond donors (Lipinski definition) is 1. The predicted molar refractivity (Wildman–Crippen MR) is 80.9 cm³/mol. The van der Waals surface area contributed by atoms with Gasteiger partial charge in [0, 0.05) is 25.2 Å². The smallest absolute Gasteiger partial charge is 0.156 e. The van der Waals surface area contributed by atoms with Crippen LogP contribution >= 0.6 is 0 Å². The summed E-state index contributed by atoms with van der Waals surface area (Å²) >= 11 is 0. The van der Waals surface area contributed by atoms with E-state index < -0.39 is 0 Å². The highest BCUT2D eigenvalue weighted by atomic mass is 16.5. The van der Waals surface area contributed by atoms with Gasteiger partial charge in [-0.15, -0.1) is 5.10 Å². The molecular weight excluding hydrogens is 252 g/mol. The number of morpholine rings is 1. The Balaban J connectivity index is 2.40. The third-order valence-electron chi connectivity index (χ3n) is 3.86. The molecule has 1 aliphatic heterocycles. The molecule has 1 fully saturated rings. The van der Waals surface area contributed by atoms with Crippen molar-refractivity contribution in [3.63, 3.8) is 0 Å². The van der Waals surface area contributed by atoms with Crippen molar-refractivity contribution in [2.24, 2.45) is 5.73 Å². The lowest BCUT2D eigenvalue weighted by Crippen LogP contribution is -2.46. The van der Waals surface area contributed by atoms with E-state index >= 15 is 0 Å². The van der Waals surface area contributed by atoms with Gasteiger partial charge in [0.1, 0.15) is 0 Å². The molecule has 1 aliphatic rings. The van der Waals surface area contributed by atoms with Crippen molar-refractivity contribution in [3.05, 3.63) is 16.8 Å². The Kier molecular flexibility index (Phi) is 4.94. The van der Waals surface area contributed by atoms with Crippen LogP contribution in [-0.4, -0.2) is 35.5 Å². The Bertz CT molecular complexity index is 453. The van der Waals surface area contributed by atoms with Gasteiger partial charge in [0.15, 0.2) is 5.82 Å². The van der Waals surface area contributed by atoms with Crippen molar-refractivity contribution >= 4 is 5.82 Å². The van der Waals surface area contributed by atoms with Crippen LogP contribution in [0.5, 0.6) is 0 Å². The van der Waals surface area contributed by atoms with Gasteiger partial charge in [0.25, 0.3) is 0 Å². The largest absolute Gasteiger partial charge is 0.372 e. The van der Waals surface area contributed by atoms with Crippen LogP contribution in [0.2, 0.25) is 0 Å². The van der Waals surface area contributed by atoms with E-state index in [1.807, 2.05) is 0 Å². The number of rotatable bonds is 4. The van der Waals surface area contributed by atoms with E-state index in [1.165, 1.54) is 5.56 Å². The van der Waals surface area contributed by atoms with Crippen molar-refractivity contribution in [3.8, 4) is 0 Å². The van der Waals surface area contributed by atoms with E-state index in [2.05, 4.69) is 42.8 Å². The first-order valence-corrected chi connectivity index (χ1v) is 7.58. The van der Waals surface area contributed by atoms with Crippen LogP contribution in [0.4, 0.5) is 5.82 Å². The van der Waals surface area contributed by atoms with Crippen LogP contribution in [0.25, 0.3) is 0 Å². The quantitative estimate of drug-likeness (QED) is 0.907. The highest BCUT2D eigenvalue weighted by molar-refractivity contribution is 5.52. The molecule has 2 rings (SSSR count). The summed E-state index contributed by atoms with van der Waals surface area (Å²) in [6.45, 7) is 10.7. The van der Waals surface area contributed by atoms with Gasteiger partial charge in [0.05, 0.1) is 17.9 Å². The first-order chi connectivity index (χ1) is 9.60.